The maximum absolute atomic E-state index is 11.9. The Morgan fingerprint density at radius 2 is 2.32 bits per heavy atom. The third kappa shape index (κ3) is 3.12. The van der Waals surface area contributed by atoms with E-state index in [1.165, 1.54) is 0 Å². The number of fused-ring (bicyclic) bond motifs is 1. The van der Waals surface area contributed by atoms with E-state index in [9.17, 15) is 4.79 Å². The van der Waals surface area contributed by atoms with Crippen LogP contribution in [-0.2, 0) is 11.3 Å². The van der Waals surface area contributed by atoms with E-state index in [0.717, 1.165) is 17.6 Å². The smallest absolute Gasteiger partial charge is 0.237 e. The highest BCUT2D eigenvalue weighted by Gasteiger charge is 2.18. The topological polar surface area (TPSA) is 72.4 Å². The van der Waals surface area contributed by atoms with Crippen molar-refractivity contribution in [3.05, 3.63) is 36.3 Å². The van der Waals surface area contributed by atoms with Crippen molar-refractivity contribution in [1.29, 1.82) is 0 Å². The number of pyridine rings is 1. The second kappa shape index (κ2) is 5.84. The molecule has 2 aromatic rings. The molecule has 2 rings (SSSR count). The Kier molecular flexibility index (Phi) is 4.16. The van der Waals surface area contributed by atoms with E-state index in [-0.39, 0.29) is 11.8 Å². The second-order valence-electron chi connectivity index (χ2n) is 4.86. The molecule has 5 nitrogen and oxygen atoms in total. The molecule has 0 saturated carbocycles. The number of aromatic nitrogens is 2. The molecular weight excluding hydrogens is 240 g/mol. The number of rotatable bonds is 5. The van der Waals surface area contributed by atoms with Crippen molar-refractivity contribution in [2.45, 2.75) is 32.9 Å². The van der Waals surface area contributed by atoms with Gasteiger partial charge in [-0.3, -0.25) is 4.79 Å². The molecular formula is C14H20N4O. The Hall–Kier alpha value is -1.88. The van der Waals surface area contributed by atoms with Gasteiger partial charge in [0.05, 0.1) is 6.04 Å². The number of imidazole rings is 1. The second-order valence-corrected chi connectivity index (χ2v) is 4.86. The molecule has 2 heterocycles. The summed E-state index contributed by atoms with van der Waals surface area (Å²) in [5.41, 5.74) is 7.77. The van der Waals surface area contributed by atoms with E-state index in [2.05, 4.69) is 10.3 Å². The maximum atomic E-state index is 11.9. The lowest BCUT2D eigenvalue weighted by molar-refractivity contribution is -0.123. The minimum Gasteiger partial charge on any atom is -0.351 e. The highest BCUT2D eigenvalue weighted by atomic mass is 16.2. The van der Waals surface area contributed by atoms with Crippen LogP contribution in [0.15, 0.2) is 30.7 Å². The Balaban J connectivity index is 1.96. The molecule has 3 N–H and O–H groups in total. The molecule has 2 unspecified atom stereocenters. The standard InChI is InChI=1S/C14H20N4O/c1-3-10(2)13(15)14(19)17-9-11-4-6-18-7-5-16-12(18)8-11/h4-8,10,13H,3,9,15H2,1-2H3,(H,17,19). The lowest BCUT2D eigenvalue weighted by Gasteiger charge is -2.17. The minimum absolute atomic E-state index is 0.0995. The molecule has 0 aromatic carbocycles. The lowest BCUT2D eigenvalue weighted by Crippen LogP contribution is -2.44. The molecule has 19 heavy (non-hydrogen) atoms. The molecule has 0 spiro atoms. The fourth-order valence-corrected chi connectivity index (χ4v) is 1.88. The van der Waals surface area contributed by atoms with E-state index in [1.807, 2.05) is 42.8 Å². The Bertz CT molecular complexity index is 563. The summed E-state index contributed by atoms with van der Waals surface area (Å²) in [6.45, 7) is 4.50. The Morgan fingerprint density at radius 3 is 3.05 bits per heavy atom. The van der Waals surface area contributed by atoms with Crippen molar-refractivity contribution in [3.8, 4) is 0 Å². The predicted octanol–water partition coefficient (Wildman–Crippen LogP) is 1.32. The van der Waals surface area contributed by atoms with Crippen molar-refractivity contribution in [2.24, 2.45) is 11.7 Å². The molecule has 0 saturated heterocycles. The van der Waals surface area contributed by atoms with Crippen LogP contribution >= 0.6 is 0 Å². The van der Waals surface area contributed by atoms with Gasteiger partial charge in [-0.2, -0.15) is 0 Å². The number of carbonyl (C=O) groups is 1. The number of hydrogen-bond acceptors (Lipinski definition) is 3. The summed E-state index contributed by atoms with van der Waals surface area (Å²) in [5, 5.41) is 2.87. The molecule has 0 aliphatic heterocycles. The zero-order chi connectivity index (χ0) is 13.8. The third-order valence-electron chi connectivity index (χ3n) is 3.49. The molecule has 102 valence electrons. The van der Waals surface area contributed by atoms with Gasteiger partial charge in [0.2, 0.25) is 5.91 Å². The van der Waals surface area contributed by atoms with Crippen LogP contribution in [0.2, 0.25) is 0 Å². The van der Waals surface area contributed by atoms with Crippen LogP contribution in [0.3, 0.4) is 0 Å². The monoisotopic (exact) mass is 260 g/mol. The van der Waals surface area contributed by atoms with Crippen molar-refractivity contribution in [2.75, 3.05) is 0 Å². The number of carbonyl (C=O) groups excluding carboxylic acids is 1. The summed E-state index contributed by atoms with van der Waals surface area (Å²) in [5.74, 6) is 0.0901. The van der Waals surface area contributed by atoms with Crippen molar-refractivity contribution >= 4 is 11.6 Å². The van der Waals surface area contributed by atoms with Crippen molar-refractivity contribution < 1.29 is 4.79 Å². The van der Waals surface area contributed by atoms with E-state index >= 15 is 0 Å². The van der Waals surface area contributed by atoms with Crippen LogP contribution < -0.4 is 11.1 Å². The summed E-state index contributed by atoms with van der Waals surface area (Å²) in [6, 6.07) is 3.47. The highest BCUT2D eigenvalue weighted by Crippen LogP contribution is 2.07. The minimum atomic E-state index is -0.444. The Labute approximate surface area is 112 Å². The molecule has 0 aliphatic carbocycles. The average Bonchev–Trinajstić information content (AvgIpc) is 2.90. The van der Waals surface area contributed by atoms with Gasteiger partial charge in [0.15, 0.2) is 0 Å². The number of nitrogens with one attached hydrogen (secondary N) is 1. The van der Waals surface area contributed by atoms with Crippen molar-refractivity contribution in [1.82, 2.24) is 14.7 Å². The van der Waals surface area contributed by atoms with Crippen LogP contribution in [0.1, 0.15) is 25.8 Å². The van der Waals surface area contributed by atoms with Gasteiger partial charge in [0, 0.05) is 25.1 Å². The fourth-order valence-electron chi connectivity index (χ4n) is 1.88. The van der Waals surface area contributed by atoms with Gasteiger partial charge in [-0.25, -0.2) is 4.98 Å². The first-order valence-electron chi connectivity index (χ1n) is 6.56. The van der Waals surface area contributed by atoms with E-state index < -0.39 is 6.04 Å². The van der Waals surface area contributed by atoms with Crippen LogP contribution in [0.4, 0.5) is 0 Å². The van der Waals surface area contributed by atoms with E-state index in [1.54, 1.807) is 6.20 Å². The first-order valence-corrected chi connectivity index (χ1v) is 6.56. The summed E-state index contributed by atoms with van der Waals surface area (Å²) in [7, 11) is 0. The molecule has 1 amide bonds. The van der Waals surface area contributed by atoms with Crippen molar-refractivity contribution in [3.63, 3.8) is 0 Å². The molecule has 2 atom stereocenters. The van der Waals surface area contributed by atoms with E-state index in [0.29, 0.717) is 6.54 Å². The van der Waals surface area contributed by atoms with Gasteiger partial charge >= 0.3 is 0 Å². The van der Waals surface area contributed by atoms with Gasteiger partial charge in [0.25, 0.3) is 0 Å². The molecule has 0 bridgehead atoms. The lowest BCUT2D eigenvalue weighted by atomic mass is 9.99. The SMILES string of the molecule is CCC(C)C(N)C(=O)NCc1ccn2ccnc2c1. The van der Waals surface area contributed by atoms with Crippen LogP contribution in [0.5, 0.6) is 0 Å². The number of nitrogens with two attached hydrogens (primary N) is 1. The quantitative estimate of drug-likeness (QED) is 0.851. The van der Waals surface area contributed by atoms with Gasteiger partial charge in [-0.15, -0.1) is 0 Å². The summed E-state index contributed by atoms with van der Waals surface area (Å²) >= 11 is 0. The van der Waals surface area contributed by atoms with E-state index in [4.69, 9.17) is 5.73 Å². The molecule has 2 aromatic heterocycles. The third-order valence-corrected chi connectivity index (χ3v) is 3.49. The van der Waals surface area contributed by atoms with Gasteiger partial charge < -0.3 is 15.5 Å². The first-order chi connectivity index (χ1) is 9.11. The highest BCUT2D eigenvalue weighted by molar-refractivity contribution is 5.81. The van der Waals surface area contributed by atoms with Gasteiger partial charge in [0.1, 0.15) is 5.65 Å². The summed E-state index contributed by atoms with van der Waals surface area (Å²) in [6.07, 6.45) is 6.46. The summed E-state index contributed by atoms with van der Waals surface area (Å²) in [4.78, 5) is 16.1. The van der Waals surface area contributed by atoms with Crippen LogP contribution in [-0.4, -0.2) is 21.3 Å². The number of amides is 1. The molecule has 5 heteroatoms. The van der Waals surface area contributed by atoms with Crippen LogP contribution in [0.25, 0.3) is 5.65 Å². The largest absolute Gasteiger partial charge is 0.351 e. The number of nitrogens with zero attached hydrogens (tertiary/aromatic N) is 2. The van der Waals surface area contributed by atoms with Gasteiger partial charge in [-0.05, 0) is 23.6 Å². The predicted molar refractivity (Wildman–Crippen MR) is 74.5 cm³/mol. The summed E-state index contributed by atoms with van der Waals surface area (Å²) < 4.78 is 1.93. The first kappa shape index (κ1) is 13.5. The maximum Gasteiger partial charge on any atom is 0.237 e. The fraction of sp³-hybridized carbons (Fsp3) is 0.429. The number of hydrogen-bond donors (Lipinski definition) is 2. The normalized spacial score (nSPS) is 14.3. The van der Waals surface area contributed by atoms with Gasteiger partial charge in [-0.1, -0.05) is 20.3 Å². The Morgan fingerprint density at radius 1 is 1.53 bits per heavy atom. The average molecular weight is 260 g/mol. The molecule has 0 aliphatic rings. The van der Waals surface area contributed by atoms with Crippen LogP contribution in [0, 0.1) is 5.92 Å². The zero-order valence-corrected chi connectivity index (χ0v) is 11.3. The molecule has 0 radical (unpaired) electrons. The zero-order valence-electron chi connectivity index (χ0n) is 11.3. The molecule has 0 fully saturated rings.